The first kappa shape index (κ1) is 51.9. The van der Waals surface area contributed by atoms with Crippen molar-refractivity contribution in [3.8, 4) is 0 Å². The zero-order valence-electron chi connectivity index (χ0n) is 2.84. The van der Waals surface area contributed by atoms with E-state index >= 15 is 0 Å². The second-order valence-corrected chi connectivity index (χ2v) is 0. The van der Waals surface area contributed by atoms with Gasteiger partial charge in [0.15, 0.2) is 0 Å². The number of rotatable bonds is 0. The van der Waals surface area contributed by atoms with Gasteiger partial charge in [-0.1, -0.05) is 0 Å². The summed E-state index contributed by atoms with van der Waals surface area (Å²) in [4.78, 5) is 0. The van der Waals surface area contributed by atoms with Crippen LogP contribution in [0.5, 0.6) is 0 Å². The minimum atomic E-state index is 0. The van der Waals surface area contributed by atoms with Crippen molar-refractivity contribution in [1.82, 2.24) is 0 Å². The van der Waals surface area contributed by atoms with E-state index in [1.54, 1.807) is 0 Å². The van der Waals surface area contributed by atoms with E-state index in [4.69, 9.17) is 0 Å². The summed E-state index contributed by atoms with van der Waals surface area (Å²) >= 11 is 0. The Kier molecular flexibility index (Phi) is 332. The second kappa shape index (κ2) is 32.0. The van der Waals surface area contributed by atoms with Crippen molar-refractivity contribution in [3.05, 3.63) is 0 Å². The summed E-state index contributed by atoms with van der Waals surface area (Å²) in [5.41, 5.74) is 0. The van der Waals surface area contributed by atoms with Gasteiger partial charge in [0.25, 0.3) is 0 Å². The van der Waals surface area contributed by atoms with Crippen LogP contribution in [0.25, 0.3) is 0 Å². The normalized spacial score (nSPS) is 0. The Morgan fingerprint density at radius 2 is 0.600 bits per heavy atom. The first-order valence-electron chi connectivity index (χ1n) is 0. The minimum Gasteiger partial charge on any atom is -0.870 e. The van der Waals surface area contributed by atoms with E-state index < -0.39 is 0 Å². The van der Waals surface area contributed by atoms with Gasteiger partial charge in [-0.05, 0) is 0 Å². The van der Waals surface area contributed by atoms with Crippen LogP contribution in [0.15, 0.2) is 0 Å². The van der Waals surface area contributed by atoms with Crippen LogP contribution in [0, 0.1) is 0 Å². The summed E-state index contributed by atoms with van der Waals surface area (Å²) in [6, 6.07) is 0. The van der Waals surface area contributed by atoms with Crippen molar-refractivity contribution in [2.24, 2.45) is 0 Å². The molecule has 0 spiro atoms. The summed E-state index contributed by atoms with van der Waals surface area (Å²) < 4.78 is 0. The van der Waals surface area contributed by atoms with Crippen molar-refractivity contribution in [3.63, 3.8) is 0 Å². The summed E-state index contributed by atoms with van der Waals surface area (Å²) in [5.74, 6) is 0. The molecule has 5 heavy (non-hydrogen) atoms. The van der Waals surface area contributed by atoms with Crippen molar-refractivity contribution in [2.45, 2.75) is 0 Å². The quantitative estimate of drug-likeness (QED) is 0.428. The van der Waals surface area contributed by atoms with Crippen LogP contribution in [-0.2, 0) is 0 Å². The van der Waals surface area contributed by atoms with Gasteiger partial charge in [0.2, 0.25) is 0 Å². The van der Waals surface area contributed by atoms with E-state index in [9.17, 15) is 0 Å². The topological polar surface area (TPSA) is 90.0 Å². The van der Waals surface area contributed by atoms with E-state index in [1.165, 1.54) is 0 Å². The van der Waals surface area contributed by atoms with Gasteiger partial charge >= 0.3 is 78.7 Å². The maximum Gasteiger partial charge on any atom is 2.00 e. The van der Waals surface area contributed by atoms with Crippen LogP contribution in [0.3, 0.4) is 0 Å². The molecule has 0 aromatic carbocycles. The molecule has 2 radical (unpaired) electrons. The summed E-state index contributed by atoms with van der Waals surface area (Å²) in [6.07, 6.45) is 0. The molecule has 5 heteroatoms. The second-order valence-electron chi connectivity index (χ2n) is 0. The third-order valence-electron chi connectivity index (χ3n) is 0. The van der Waals surface area contributed by atoms with E-state index in [0.29, 0.717) is 0 Å². The molecule has 3 N–H and O–H groups in total. The zero-order valence-corrected chi connectivity index (χ0v) is 9.85. The van der Waals surface area contributed by atoms with Crippen molar-refractivity contribution in [1.29, 1.82) is 0 Å². The molecule has 0 aromatic heterocycles. The van der Waals surface area contributed by atoms with Gasteiger partial charge in [0.1, 0.15) is 0 Å². The average molecular weight is 297 g/mol. The standard InChI is InChI=1S/K.3H2O.Pb/h;3*1H2;/q+1;;;;+2/p-3. The maximum atomic E-state index is 0. The van der Waals surface area contributed by atoms with Crippen LogP contribution >= 0.6 is 0 Å². The molecule has 0 aliphatic rings. The predicted octanol–water partition coefficient (Wildman–Crippen LogP) is -3.91. The van der Waals surface area contributed by atoms with Gasteiger partial charge in [0, 0.05) is 0 Å². The molecule has 0 unspecified atom stereocenters. The van der Waals surface area contributed by atoms with Crippen LogP contribution in [0.1, 0.15) is 0 Å². The zero-order chi connectivity index (χ0) is 0. The van der Waals surface area contributed by atoms with Crippen LogP contribution in [0.4, 0.5) is 0 Å². The van der Waals surface area contributed by atoms with Crippen molar-refractivity contribution in [2.75, 3.05) is 0 Å². The van der Waals surface area contributed by atoms with Gasteiger partial charge in [0.05, 0.1) is 0 Å². The van der Waals surface area contributed by atoms with Gasteiger partial charge < -0.3 is 16.4 Å². The van der Waals surface area contributed by atoms with Gasteiger partial charge in [-0.3, -0.25) is 0 Å². The molecule has 0 saturated carbocycles. The van der Waals surface area contributed by atoms with Crippen LogP contribution in [-0.4, -0.2) is 43.7 Å². The first-order valence-corrected chi connectivity index (χ1v) is 0. The Hall–Kier alpha value is 2.44. The van der Waals surface area contributed by atoms with Crippen LogP contribution in [0.2, 0.25) is 0 Å². The van der Waals surface area contributed by atoms with Crippen LogP contribution < -0.4 is 51.4 Å². The molecule has 0 fully saturated rings. The molecular weight excluding hydrogens is 294 g/mol. The Morgan fingerprint density at radius 3 is 0.600 bits per heavy atom. The molecule has 0 aliphatic heterocycles. The molecular formula is H3KO3Pb. The molecule has 0 aliphatic carbocycles. The molecule has 26 valence electrons. The van der Waals surface area contributed by atoms with E-state index in [0.717, 1.165) is 0 Å². The van der Waals surface area contributed by atoms with Gasteiger partial charge in [-0.15, -0.1) is 0 Å². The Morgan fingerprint density at radius 1 is 0.600 bits per heavy atom. The summed E-state index contributed by atoms with van der Waals surface area (Å²) in [6.45, 7) is 0. The fraction of sp³-hybridized carbons (Fsp3) is 0. The van der Waals surface area contributed by atoms with E-state index in [1.807, 2.05) is 0 Å². The van der Waals surface area contributed by atoms with Gasteiger partial charge in [-0.25, -0.2) is 0 Å². The molecule has 0 amide bonds. The largest absolute Gasteiger partial charge is 2.00 e. The Bertz CT molecular complexity index is 6.85. The fourth-order valence-electron chi connectivity index (χ4n) is 0. The maximum absolute atomic E-state index is 0. The monoisotopic (exact) mass is 298 g/mol. The average Bonchev–Trinajstić information content (AvgIpc) is 0. The molecule has 0 saturated heterocycles. The Labute approximate surface area is 93.0 Å². The van der Waals surface area contributed by atoms with E-state index in [-0.39, 0.29) is 95.1 Å². The Balaban J connectivity index is 0. The fourth-order valence-corrected chi connectivity index (χ4v) is 0. The first-order chi connectivity index (χ1) is 0. The number of hydrogen-bond acceptors (Lipinski definition) is 3. The molecule has 0 rings (SSSR count). The SMILES string of the molecule is [K+].[OH-].[OH-].[OH-].[Pb+2]. The minimum absolute atomic E-state index is 0. The van der Waals surface area contributed by atoms with Gasteiger partial charge in [-0.2, -0.15) is 0 Å². The molecule has 0 atom stereocenters. The summed E-state index contributed by atoms with van der Waals surface area (Å²) in [7, 11) is 0. The molecule has 0 heterocycles. The third kappa shape index (κ3) is 21.3. The molecule has 0 bridgehead atoms. The smallest absolute Gasteiger partial charge is 0.870 e. The van der Waals surface area contributed by atoms with E-state index in [2.05, 4.69) is 0 Å². The third-order valence-corrected chi connectivity index (χ3v) is 0. The van der Waals surface area contributed by atoms with Crippen molar-refractivity contribution < 1.29 is 67.8 Å². The predicted molar refractivity (Wildman–Crippen MR) is 11.6 cm³/mol. The molecule has 3 nitrogen and oxygen atoms in total. The number of hydrogen-bond donors (Lipinski definition) is 0. The summed E-state index contributed by atoms with van der Waals surface area (Å²) in [5, 5.41) is 0. The molecule has 0 aromatic rings. The van der Waals surface area contributed by atoms with Crippen molar-refractivity contribution >= 4 is 27.3 Å².